The van der Waals surface area contributed by atoms with E-state index in [4.69, 9.17) is 8.94 Å². The Hall–Kier alpha value is -2.71. The van der Waals surface area contributed by atoms with Crippen LogP contribution < -0.4 is 10.9 Å². The van der Waals surface area contributed by atoms with Crippen LogP contribution in [0.5, 0.6) is 0 Å². The number of rotatable bonds is 5. The number of para-hydroxylation sites is 1. The van der Waals surface area contributed by atoms with Crippen LogP contribution in [-0.2, 0) is 13.0 Å². The van der Waals surface area contributed by atoms with Gasteiger partial charge in [-0.3, -0.25) is 9.36 Å². The van der Waals surface area contributed by atoms with Crippen molar-refractivity contribution in [3.63, 3.8) is 0 Å². The summed E-state index contributed by atoms with van der Waals surface area (Å²) in [6.45, 7) is 2.18. The van der Waals surface area contributed by atoms with E-state index in [2.05, 4.69) is 20.4 Å². The maximum atomic E-state index is 12.7. The first-order valence-corrected chi connectivity index (χ1v) is 8.01. The molecule has 3 heterocycles. The standard InChI is InChI=1S/C17H17N5O3.ClH/c1-10(18-2)7-13-20-14(25-21-13)8-22-9-19-15-11-5-3-4-6-12(11)24-16(15)17(22)23;/h3-6,9-10,18H,7-8H2,1-2H3;1H. The molecule has 8 nitrogen and oxygen atoms in total. The smallest absolute Gasteiger partial charge is 0.297 e. The predicted octanol–water partition coefficient (Wildman–Crippen LogP) is 2.15. The van der Waals surface area contributed by atoms with E-state index in [0.717, 1.165) is 5.39 Å². The molecule has 9 heteroatoms. The van der Waals surface area contributed by atoms with E-state index >= 15 is 0 Å². The van der Waals surface area contributed by atoms with Gasteiger partial charge in [-0.2, -0.15) is 4.98 Å². The van der Waals surface area contributed by atoms with E-state index < -0.39 is 0 Å². The normalized spacial score (nSPS) is 12.4. The summed E-state index contributed by atoms with van der Waals surface area (Å²) in [4.78, 5) is 21.3. The van der Waals surface area contributed by atoms with Crippen molar-refractivity contribution in [3.8, 4) is 0 Å². The number of hydrogen-bond acceptors (Lipinski definition) is 7. The van der Waals surface area contributed by atoms with E-state index in [1.807, 2.05) is 38.2 Å². The molecule has 1 aromatic carbocycles. The SMILES string of the molecule is CNC(C)Cc1noc(Cn2cnc3c(oc4ccccc43)c2=O)n1.Cl. The van der Waals surface area contributed by atoms with Gasteiger partial charge in [0.25, 0.3) is 5.56 Å². The van der Waals surface area contributed by atoms with Crippen LogP contribution in [-0.4, -0.2) is 32.8 Å². The molecule has 136 valence electrons. The van der Waals surface area contributed by atoms with Crippen molar-refractivity contribution >= 4 is 34.5 Å². The molecule has 3 aromatic heterocycles. The Bertz CT molecular complexity index is 1100. The summed E-state index contributed by atoms with van der Waals surface area (Å²) in [7, 11) is 1.87. The molecule has 0 aliphatic carbocycles. The highest BCUT2D eigenvalue weighted by molar-refractivity contribution is 6.01. The molecule has 26 heavy (non-hydrogen) atoms. The lowest BCUT2D eigenvalue weighted by atomic mass is 10.2. The second-order valence-corrected chi connectivity index (χ2v) is 5.95. The lowest BCUT2D eigenvalue weighted by Crippen LogP contribution is -2.24. The molecule has 1 N–H and O–H groups in total. The van der Waals surface area contributed by atoms with E-state index in [-0.39, 0.29) is 36.1 Å². The molecule has 0 radical (unpaired) electrons. The van der Waals surface area contributed by atoms with Gasteiger partial charge in [0.2, 0.25) is 11.5 Å². The minimum absolute atomic E-state index is 0. The Morgan fingerprint density at radius 2 is 2.12 bits per heavy atom. The molecule has 0 saturated heterocycles. The van der Waals surface area contributed by atoms with Crippen LogP contribution >= 0.6 is 12.4 Å². The summed E-state index contributed by atoms with van der Waals surface area (Å²) in [5, 5.41) is 7.88. The molecular weight excluding hydrogens is 358 g/mol. The van der Waals surface area contributed by atoms with Crippen molar-refractivity contribution in [3.05, 3.63) is 52.7 Å². The van der Waals surface area contributed by atoms with E-state index in [9.17, 15) is 4.79 Å². The number of nitrogens with zero attached hydrogens (tertiary/aromatic N) is 4. The maximum Gasteiger partial charge on any atom is 0.297 e. The first-order chi connectivity index (χ1) is 12.2. The molecule has 4 aromatic rings. The van der Waals surface area contributed by atoms with Crippen molar-refractivity contribution in [2.24, 2.45) is 0 Å². The summed E-state index contributed by atoms with van der Waals surface area (Å²) in [6, 6.07) is 7.67. The van der Waals surface area contributed by atoms with Gasteiger partial charge in [-0.05, 0) is 26.1 Å². The first kappa shape index (κ1) is 18.1. The van der Waals surface area contributed by atoms with Gasteiger partial charge >= 0.3 is 0 Å². The zero-order valence-electron chi connectivity index (χ0n) is 14.3. The van der Waals surface area contributed by atoms with Crippen LogP contribution in [0.4, 0.5) is 0 Å². The van der Waals surface area contributed by atoms with Crippen LogP contribution in [0.15, 0.2) is 44.3 Å². The molecular formula is C17H18ClN5O3. The zero-order valence-corrected chi connectivity index (χ0v) is 15.1. The number of furan rings is 1. The zero-order chi connectivity index (χ0) is 17.4. The molecule has 0 aliphatic heterocycles. The molecule has 0 fully saturated rings. The average molecular weight is 376 g/mol. The van der Waals surface area contributed by atoms with Gasteiger partial charge in [-0.1, -0.05) is 17.3 Å². The van der Waals surface area contributed by atoms with Crippen molar-refractivity contribution in [1.29, 1.82) is 0 Å². The van der Waals surface area contributed by atoms with Gasteiger partial charge in [0.1, 0.15) is 17.6 Å². The maximum absolute atomic E-state index is 12.7. The lowest BCUT2D eigenvalue weighted by molar-refractivity contribution is 0.362. The molecule has 0 saturated carbocycles. The summed E-state index contributed by atoms with van der Waals surface area (Å²) in [6.07, 6.45) is 2.13. The number of benzene rings is 1. The number of halogens is 1. The molecule has 4 rings (SSSR count). The van der Waals surface area contributed by atoms with Gasteiger partial charge in [-0.15, -0.1) is 12.4 Å². The van der Waals surface area contributed by atoms with Gasteiger partial charge in [0, 0.05) is 17.8 Å². The Labute approximate surface area is 154 Å². The Morgan fingerprint density at radius 3 is 2.92 bits per heavy atom. The summed E-state index contributed by atoms with van der Waals surface area (Å²) in [5.74, 6) is 0.959. The second-order valence-electron chi connectivity index (χ2n) is 5.95. The summed E-state index contributed by atoms with van der Waals surface area (Å²) in [5.41, 5.74) is 1.16. The highest BCUT2D eigenvalue weighted by atomic mass is 35.5. The lowest BCUT2D eigenvalue weighted by Gasteiger charge is -2.04. The van der Waals surface area contributed by atoms with Gasteiger partial charge in [-0.25, -0.2) is 4.98 Å². The minimum atomic E-state index is -0.274. The molecule has 1 atom stereocenters. The fraction of sp³-hybridized carbons (Fsp3) is 0.294. The van der Waals surface area contributed by atoms with Crippen molar-refractivity contribution in [1.82, 2.24) is 25.0 Å². The number of fused-ring (bicyclic) bond motifs is 3. The van der Waals surface area contributed by atoms with Crippen LogP contribution in [0.3, 0.4) is 0 Å². The molecule has 0 bridgehead atoms. The fourth-order valence-electron chi connectivity index (χ4n) is 2.69. The molecule has 0 amide bonds. The number of likely N-dealkylation sites (N-methyl/N-ethyl adjacent to an activating group) is 1. The topological polar surface area (TPSA) is 99.0 Å². The van der Waals surface area contributed by atoms with Crippen molar-refractivity contribution < 1.29 is 8.94 Å². The van der Waals surface area contributed by atoms with Crippen LogP contribution in [0.25, 0.3) is 22.1 Å². The Kier molecular flexibility index (Phi) is 5.06. The molecule has 0 aliphatic rings. The summed E-state index contributed by atoms with van der Waals surface area (Å²) < 4.78 is 12.3. The monoisotopic (exact) mass is 375 g/mol. The Morgan fingerprint density at radius 1 is 1.31 bits per heavy atom. The number of nitrogens with one attached hydrogen (secondary N) is 1. The van der Waals surface area contributed by atoms with Crippen LogP contribution in [0.1, 0.15) is 18.6 Å². The predicted molar refractivity (Wildman–Crippen MR) is 98.6 cm³/mol. The fourth-order valence-corrected chi connectivity index (χ4v) is 2.69. The van der Waals surface area contributed by atoms with E-state index in [1.54, 1.807) is 0 Å². The van der Waals surface area contributed by atoms with E-state index in [0.29, 0.717) is 29.2 Å². The van der Waals surface area contributed by atoms with E-state index in [1.165, 1.54) is 10.9 Å². The van der Waals surface area contributed by atoms with Gasteiger partial charge in [0.05, 0.1) is 6.33 Å². The number of aromatic nitrogens is 4. The second kappa shape index (κ2) is 7.27. The quantitative estimate of drug-likeness (QED) is 0.570. The van der Waals surface area contributed by atoms with Gasteiger partial charge < -0.3 is 14.3 Å². The minimum Gasteiger partial charge on any atom is -0.448 e. The third-order valence-corrected chi connectivity index (χ3v) is 4.15. The largest absolute Gasteiger partial charge is 0.448 e. The molecule has 0 spiro atoms. The van der Waals surface area contributed by atoms with Crippen molar-refractivity contribution in [2.75, 3.05) is 7.05 Å². The molecule has 1 unspecified atom stereocenters. The van der Waals surface area contributed by atoms with Crippen LogP contribution in [0.2, 0.25) is 0 Å². The van der Waals surface area contributed by atoms with Crippen LogP contribution in [0, 0.1) is 0 Å². The summed E-state index contributed by atoms with van der Waals surface area (Å²) >= 11 is 0. The third kappa shape index (κ3) is 3.21. The highest BCUT2D eigenvalue weighted by Gasteiger charge is 2.15. The van der Waals surface area contributed by atoms with Crippen molar-refractivity contribution in [2.45, 2.75) is 25.9 Å². The average Bonchev–Trinajstić information content (AvgIpc) is 3.22. The third-order valence-electron chi connectivity index (χ3n) is 4.15. The Balaban J connectivity index is 0.00000196. The van der Waals surface area contributed by atoms with Gasteiger partial charge in [0.15, 0.2) is 5.82 Å². The highest BCUT2D eigenvalue weighted by Crippen LogP contribution is 2.24. The first-order valence-electron chi connectivity index (χ1n) is 8.01. The number of hydrogen-bond donors (Lipinski definition) is 1.